The van der Waals surface area contributed by atoms with Crippen LogP contribution in [0, 0.1) is 0 Å². The normalized spacial score (nSPS) is 10.3. The molecule has 0 unspecified atom stereocenters. The van der Waals surface area contributed by atoms with Crippen molar-refractivity contribution in [3.05, 3.63) is 90.2 Å². The van der Waals surface area contributed by atoms with Gasteiger partial charge in [-0.1, -0.05) is 67.2 Å². The van der Waals surface area contributed by atoms with Gasteiger partial charge < -0.3 is 18.9 Å². The smallest absolute Gasteiger partial charge is 0.430 e. The Balaban J connectivity index is 2.45. The van der Waals surface area contributed by atoms with Gasteiger partial charge in [-0.2, -0.15) is 5.01 Å². The van der Waals surface area contributed by atoms with E-state index in [0.717, 1.165) is 0 Å². The van der Waals surface area contributed by atoms with Gasteiger partial charge in [0.1, 0.15) is 13.2 Å². The van der Waals surface area contributed by atoms with Crippen LogP contribution in [0.15, 0.2) is 79.0 Å². The van der Waals surface area contributed by atoms with Crippen molar-refractivity contribution in [1.29, 1.82) is 0 Å². The van der Waals surface area contributed by atoms with Gasteiger partial charge in [-0.05, 0) is 31.1 Å². The van der Waals surface area contributed by atoms with E-state index in [2.05, 4.69) is 17.7 Å². The van der Waals surface area contributed by atoms with Crippen LogP contribution in [-0.2, 0) is 41.8 Å². The van der Waals surface area contributed by atoms with Crippen molar-refractivity contribution in [2.75, 3.05) is 13.2 Å². The highest BCUT2D eigenvalue weighted by atomic mass is 16.6. The molecule has 1 N–H and O–H groups in total. The lowest BCUT2D eigenvalue weighted by molar-refractivity contribution is -0.175. The second kappa shape index (κ2) is 14.8. The molecule has 0 aliphatic heterocycles. The number of carbonyl (C=O) groups excluding carboxylic acids is 4. The van der Waals surface area contributed by atoms with Crippen molar-refractivity contribution in [3.8, 4) is 0 Å². The van der Waals surface area contributed by atoms with Gasteiger partial charge in [-0.25, -0.2) is 24.6 Å². The molecule has 10 heteroatoms. The standard InChI is InChI=1S/C27H30N2O8/c1-4-7-18-27(23(30)34-5-2,24(31)35-6-3)29(26(33)37-20-22-16-12-9-13-17-22)28-25(32)36-19-21-14-10-8-11-15-21/h7-17H,1,5-6,18-20H2,2-3H3,(H,28,32). The van der Waals surface area contributed by atoms with Gasteiger partial charge in [-0.3, -0.25) is 0 Å². The van der Waals surface area contributed by atoms with E-state index in [1.807, 2.05) is 0 Å². The summed E-state index contributed by atoms with van der Waals surface area (Å²) in [4.78, 5) is 52.6. The van der Waals surface area contributed by atoms with Gasteiger partial charge in [0.25, 0.3) is 5.54 Å². The molecular formula is C27H30N2O8. The molecule has 0 aliphatic rings. The monoisotopic (exact) mass is 510 g/mol. The number of nitrogens with one attached hydrogen (secondary N) is 1. The molecule has 10 nitrogen and oxygen atoms in total. The highest BCUT2D eigenvalue weighted by Crippen LogP contribution is 2.26. The molecule has 2 aromatic rings. The van der Waals surface area contributed by atoms with Crippen molar-refractivity contribution in [2.24, 2.45) is 0 Å². The van der Waals surface area contributed by atoms with Gasteiger partial charge in [0, 0.05) is 6.42 Å². The first-order valence-electron chi connectivity index (χ1n) is 11.6. The predicted molar refractivity (Wildman–Crippen MR) is 133 cm³/mol. The van der Waals surface area contributed by atoms with Gasteiger partial charge in [0.15, 0.2) is 0 Å². The lowest BCUT2D eigenvalue weighted by atomic mass is 9.94. The predicted octanol–water partition coefficient (Wildman–Crippen LogP) is 4.06. The van der Waals surface area contributed by atoms with Crippen LogP contribution in [0.5, 0.6) is 0 Å². The van der Waals surface area contributed by atoms with Crippen LogP contribution < -0.4 is 5.43 Å². The second-order valence-electron chi connectivity index (χ2n) is 7.46. The van der Waals surface area contributed by atoms with Crippen molar-refractivity contribution in [2.45, 2.75) is 39.0 Å². The van der Waals surface area contributed by atoms with Crippen molar-refractivity contribution >= 4 is 24.1 Å². The van der Waals surface area contributed by atoms with E-state index >= 15 is 0 Å². The molecule has 2 amide bonds. The molecule has 196 valence electrons. The van der Waals surface area contributed by atoms with E-state index < -0.39 is 36.1 Å². The van der Waals surface area contributed by atoms with E-state index in [0.29, 0.717) is 16.1 Å². The minimum absolute atomic E-state index is 0.122. The first-order chi connectivity index (χ1) is 17.9. The molecule has 0 saturated carbocycles. The van der Waals surface area contributed by atoms with Crippen LogP contribution >= 0.6 is 0 Å². The zero-order valence-electron chi connectivity index (χ0n) is 20.8. The van der Waals surface area contributed by atoms with Gasteiger partial charge >= 0.3 is 24.1 Å². The van der Waals surface area contributed by atoms with Crippen LogP contribution in [0.2, 0.25) is 0 Å². The van der Waals surface area contributed by atoms with E-state index in [9.17, 15) is 19.2 Å². The Kier molecular flexibility index (Phi) is 11.4. The third-order valence-electron chi connectivity index (χ3n) is 4.95. The molecule has 2 aromatic carbocycles. The zero-order chi connectivity index (χ0) is 27.1. The number of hydrazine groups is 1. The van der Waals surface area contributed by atoms with E-state index in [1.165, 1.54) is 19.9 Å². The third kappa shape index (κ3) is 7.98. The number of hydrogen-bond acceptors (Lipinski definition) is 8. The van der Waals surface area contributed by atoms with E-state index in [1.54, 1.807) is 60.7 Å². The number of esters is 2. The number of amides is 2. The highest BCUT2D eigenvalue weighted by Gasteiger charge is 2.57. The highest BCUT2D eigenvalue weighted by molar-refractivity contribution is 6.07. The van der Waals surface area contributed by atoms with Crippen LogP contribution in [0.1, 0.15) is 31.4 Å². The summed E-state index contributed by atoms with van der Waals surface area (Å²) in [6, 6.07) is 17.5. The second-order valence-corrected chi connectivity index (χ2v) is 7.46. The molecule has 0 atom stereocenters. The Morgan fingerprint density at radius 3 is 1.78 bits per heavy atom. The number of hydrogen-bond donors (Lipinski definition) is 1. The lowest BCUT2D eigenvalue weighted by Crippen LogP contribution is -2.68. The van der Waals surface area contributed by atoms with Crippen LogP contribution in [0.3, 0.4) is 0 Å². The molecule has 0 aliphatic carbocycles. The molecule has 0 radical (unpaired) electrons. The van der Waals surface area contributed by atoms with Gasteiger partial charge in [-0.15, -0.1) is 5.73 Å². The van der Waals surface area contributed by atoms with Crippen LogP contribution in [0.4, 0.5) is 9.59 Å². The molecule has 0 saturated heterocycles. The summed E-state index contributed by atoms with van der Waals surface area (Å²) >= 11 is 0. The minimum atomic E-state index is -2.49. The molecular weight excluding hydrogens is 480 g/mol. The Morgan fingerprint density at radius 1 is 0.838 bits per heavy atom. The topological polar surface area (TPSA) is 120 Å². The number of nitrogens with zero attached hydrogens (tertiary/aromatic N) is 1. The van der Waals surface area contributed by atoms with Crippen LogP contribution in [0.25, 0.3) is 0 Å². The summed E-state index contributed by atoms with van der Waals surface area (Å²) in [5.41, 5.74) is 3.45. The maximum Gasteiger partial charge on any atom is 0.430 e. The summed E-state index contributed by atoms with van der Waals surface area (Å²) < 4.78 is 20.8. The van der Waals surface area contributed by atoms with Crippen molar-refractivity contribution < 1.29 is 38.1 Å². The Labute approximate surface area is 215 Å². The maximum atomic E-state index is 13.3. The molecule has 37 heavy (non-hydrogen) atoms. The average Bonchev–Trinajstić information content (AvgIpc) is 2.91. The first kappa shape index (κ1) is 28.7. The fraction of sp³-hybridized carbons (Fsp3) is 0.296. The average molecular weight is 511 g/mol. The Bertz CT molecular complexity index is 1080. The molecule has 2 rings (SSSR count). The molecule has 0 bridgehead atoms. The van der Waals surface area contributed by atoms with Gasteiger partial charge in [0.05, 0.1) is 13.2 Å². The van der Waals surface area contributed by atoms with Crippen molar-refractivity contribution in [1.82, 2.24) is 10.4 Å². The Morgan fingerprint density at radius 2 is 1.32 bits per heavy atom. The third-order valence-corrected chi connectivity index (χ3v) is 4.95. The quantitative estimate of drug-likeness (QED) is 0.158. The van der Waals surface area contributed by atoms with E-state index in [-0.39, 0.29) is 26.4 Å². The molecule has 0 spiro atoms. The summed E-state index contributed by atoms with van der Waals surface area (Å²) in [6.07, 6.45) is -1.59. The summed E-state index contributed by atoms with van der Waals surface area (Å²) in [6.45, 7) is 5.90. The SMILES string of the molecule is C=C=CCC(C(=O)OCC)(C(=O)OCC)N(NC(=O)OCc1ccccc1)C(=O)OCc1ccccc1. The first-order valence-corrected chi connectivity index (χ1v) is 11.6. The number of benzene rings is 2. The molecule has 0 heterocycles. The fourth-order valence-corrected chi connectivity index (χ4v) is 3.17. The van der Waals surface area contributed by atoms with E-state index in [4.69, 9.17) is 18.9 Å². The minimum Gasteiger partial charge on any atom is -0.464 e. The van der Waals surface area contributed by atoms with Crippen molar-refractivity contribution in [3.63, 3.8) is 0 Å². The molecule has 0 aromatic heterocycles. The maximum absolute atomic E-state index is 13.3. The number of rotatable bonds is 11. The number of carbonyl (C=O) groups is 4. The largest absolute Gasteiger partial charge is 0.464 e. The summed E-state index contributed by atoms with van der Waals surface area (Å²) in [5, 5.41) is 0.438. The van der Waals surface area contributed by atoms with Gasteiger partial charge in [0.2, 0.25) is 0 Å². The number of ether oxygens (including phenoxy) is 4. The molecule has 0 fully saturated rings. The summed E-state index contributed by atoms with van der Waals surface area (Å²) in [5.74, 6) is -2.31. The zero-order valence-corrected chi connectivity index (χ0v) is 20.8. The summed E-state index contributed by atoms with van der Waals surface area (Å²) in [7, 11) is 0. The van der Waals surface area contributed by atoms with Crippen LogP contribution in [-0.4, -0.2) is 47.9 Å². The lowest BCUT2D eigenvalue weighted by Gasteiger charge is -2.37. The Hall–Kier alpha value is -4.56. The fourth-order valence-electron chi connectivity index (χ4n) is 3.17.